The molecule has 0 saturated carbocycles. The van der Waals surface area contributed by atoms with Gasteiger partial charge in [-0.25, -0.2) is 0 Å². The van der Waals surface area contributed by atoms with Gasteiger partial charge in [-0.15, -0.1) is 10.2 Å². The second-order valence-electron chi connectivity index (χ2n) is 4.53. The van der Waals surface area contributed by atoms with Gasteiger partial charge in [-0.2, -0.15) is 0 Å². The van der Waals surface area contributed by atoms with Crippen molar-refractivity contribution < 1.29 is 9.15 Å². The van der Waals surface area contributed by atoms with Gasteiger partial charge in [0, 0.05) is 0 Å². The summed E-state index contributed by atoms with van der Waals surface area (Å²) in [7, 11) is 1.57. The number of hydrogen-bond donors (Lipinski definition) is 2. The number of para-hydroxylation sites is 2. The summed E-state index contributed by atoms with van der Waals surface area (Å²) in [5, 5.41) is 10.9. The molecule has 0 spiro atoms. The van der Waals surface area contributed by atoms with Gasteiger partial charge in [0.1, 0.15) is 17.2 Å². The van der Waals surface area contributed by atoms with Crippen LogP contribution in [-0.2, 0) is 6.42 Å². The molecule has 7 nitrogen and oxygen atoms in total. The third-order valence-electron chi connectivity index (χ3n) is 3.05. The van der Waals surface area contributed by atoms with E-state index in [1.54, 1.807) is 31.6 Å². The molecule has 3 aromatic rings. The van der Waals surface area contributed by atoms with Crippen LogP contribution in [0.4, 0.5) is 11.6 Å². The van der Waals surface area contributed by atoms with E-state index in [4.69, 9.17) is 9.15 Å². The maximum Gasteiger partial charge on any atom is 0.274 e. The SMILES string of the molecule is COc1ccccc1Nc1nnc(Cc2ccco2)c(=O)[nH]1. The van der Waals surface area contributed by atoms with Gasteiger partial charge in [-0.1, -0.05) is 12.1 Å². The minimum Gasteiger partial charge on any atom is -0.495 e. The second kappa shape index (κ2) is 6.13. The number of ether oxygens (including phenoxy) is 1. The molecule has 2 heterocycles. The smallest absolute Gasteiger partial charge is 0.274 e. The Labute approximate surface area is 126 Å². The highest BCUT2D eigenvalue weighted by Crippen LogP contribution is 2.24. The number of methoxy groups -OCH3 is 1. The Balaban J connectivity index is 1.81. The Morgan fingerprint density at radius 2 is 2.09 bits per heavy atom. The summed E-state index contributed by atoms with van der Waals surface area (Å²) in [4.78, 5) is 14.7. The molecule has 3 rings (SSSR count). The van der Waals surface area contributed by atoms with Gasteiger partial charge in [-0.3, -0.25) is 9.78 Å². The topological polar surface area (TPSA) is 93.0 Å². The summed E-state index contributed by atoms with van der Waals surface area (Å²) in [6.45, 7) is 0. The molecule has 2 aromatic heterocycles. The van der Waals surface area contributed by atoms with Crippen molar-refractivity contribution in [3.63, 3.8) is 0 Å². The molecule has 0 aliphatic rings. The average Bonchev–Trinajstić information content (AvgIpc) is 3.04. The lowest BCUT2D eigenvalue weighted by Crippen LogP contribution is -2.18. The van der Waals surface area contributed by atoms with Crippen LogP contribution in [0, 0.1) is 0 Å². The van der Waals surface area contributed by atoms with Gasteiger partial charge in [0.05, 0.1) is 25.5 Å². The number of nitrogens with one attached hydrogen (secondary N) is 2. The number of furan rings is 1. The van der Waals surface area contributed by atoms with Crippen LogP contribution in [-0.4, -0.2) is 22.3 Å². The minimum atomic E-state index is -0.316. The Hall–Kier alpha value is -3.09. The van der Waals surface area contributed by atoms with E-state index in [0.717, 1.165) is 0 Å². The number of H-pyrrole nitrogens is 1. The predicted octanol–water partition coefficient (Wildman–Crippen LogP) is 2.10. The first kappa shape index (κ1) is 13.9. The first-order chi connectivity index (χ1) is 10.8. The lowest BCUT2D eigenvalue weighted by atomic mass is 10.2. The number of benzene rings is 1. The Kier molecular flexibility index (Phi) is 3.86. The molecule has 0 atom stereocenters. The lowest BCUT2D eigenvalue weighted by Gasteiger charge is -2.09. The second-order valence-corrected chi connectivity index (χ2v) is 4.53. The molecule has 0 aliphatic carbocycles. The van der Waals surface area contributed by atoms with Crippen LogP contribution in [0.3, 0.4) is 0 Å². The Morgan fingerprint density at radius 1 is 1.23 bits per heavy atom. The quantitative estimate of drug-likeness (QED) is 0.749. The summed E-state index contributed by atoms with van der Waals surface area (Å²) in [5.41, 5.74) is 0.665. The van der Waals surface area contributed by atoms with E-state index in [1.807, 2.05) is 18.2 Å². The molecule has 0 saturated heterocycles. The number of nitrogens with zero attached hydrogens (tertiary/aromatic N) is 2. The molecule has 0 amide bonds. The van der Waals surface area contributed by atoms with Crippen molar-refractivity contribution >= 4 is 11.6 Å². The van der Waals surface area contributed by atoms with Crippen LogP contribution >= 0.6 is 0 Å². The van der Waals surface area contributed by atoms with Crippen molar-refractivity contribution in [2.75, 3.05) is 12.4 Å². The fourth-order valence-electron chi connectivity index (χ4n) is 1.99. The number of rotatable bonds is 5. The van der Waals surface area contributed by atoms with Gasteiger partial charge in [0.15, 0.2) is 0 Å². The van der Waals surface area contributed by atoms with Crippen molar-refractivity contribution in [3.8, 4) is 5.75 Å². The van der Waals surface area contributed by atoms with Crippen LogP contribution in [0.2, 0.25) is 0 Å². The lowest BCUT2D eigenvalue weighted by molar-refractivity contribution is 0.417. The van der Waals surface area contributed by atoms with Crippen LogP contribution in [0.1, 0.15) is 11.5 Å². The normalized spacial score (nSPS) is 10.4. The molecular formula is C15H14N4O3. The molecular weight excluding hydrogens is 284 g/mol. The highest BCUT2D eigenvalue weighted by atomic mass is 16.5. The van der Waals surface area contributed by atoms with E-state index in [-0.39, 0.29) is 11.5 Å². The van der Waals surface area contributed by atoms with Crippen LogP contribution in [0.5, 0.6) is 5.75 Å². The first-order valence-electron chi connectivity index (χ1n) is 6.64. The zero-order valence-corrected chi connectivity index (χ0v) is 11.9. The molecule has 112 valence electrons. The largest absolute Gasteiger partial charge is 0.495 e. The minimum absolute atomic E-state index is 0.248. The zero-order chi connectivity index (χ0) is 15.4. The third-order valence-corrected chi connectivity index (χ3v) is 3.05. The van der Waals surface area contributed by atoms with Gasteiger partial charge < -0.3 is 14.5 Å². The standard InChI is InChI=1S/C15H14N4O3/c1-21-13-7-3-2-6-11(13)16-15-17-14(20)12(18-19-15)9-10-5-4-8-22-10/h2-8H,9H2,1H3,(H2,16,17,19,20). The van der Waals surface area contributed by atoms with Crippen molar-refractivity contribution in [1.82, 2.24) is 15.2 Å². The van der Waals surface area contributed by atoms with Crippen LogP contribution in [0.15, 0.2) is 51.9 Å². The maximum atomic E-state index is 12.0. The summed E-state index contributed by atoms with van der Waals surface area (Å²) in [6.07, 6.45) is 1.85. The molecule has 0 fully saturated rings. The molecule has 0 radical (unpaired) electrons. The summed E-state index contributed by atoms with van der Waals surface area (Å²) in [5.74, 6) is 1.55. The van der Waals surface area contributed by atoms with E-state index >= 15 is 0 Å². The molecule has 1 aromatic carbocycles. The summed E-state index contributed by atoms with van der Waals surface area (Å²) >= 11 is 0. The number of anilines is 2. The first-order valence-corrected chi connectivity index (χ1v) is 6.64. The fraction of sp³-hybridized carbons (Fsp3) is 0.133. The van der Waals surface area contributed by atoms with E-state index in [1.165, 1.54) is 0 Å². The summed E-state index contributed by atoms with van der Waals surface area (Å²) in [6, 6.07) is 10.9. The zero-order valence-electron chi connectivity index (χ0n) is 11.9. The molecule has 0 aliphatic heterocycles. The molecule has 0 unspecified atom stereocenters. The van der Waals surface area contributed by atoms with E-state index in [9.17, 15) is 4.79 Å². The van der Waals surface area contributed by atoms with Crippen molar-refractivity contribution in [2.24, 2.45) is 0 Å². The van der Waals surface area contributed by atoms with Gasteiger partial charge in [0.25, 0.3) is 5.56 Å². The predicted molar refractivity (Wildman–Crippen MR) is 80.4 cm³/mol. The number of aromatic nitrogens is 3. The van der Waals surface area contributed by atoms with Gasteiger partial charge >= 0.3 is 0 Å². The van der Waals surface area contributed by atoms with E-state index in [0.29, 0.717) is 29.3 Å². The number of hydrogen-bond acceptors (Lipinski definition) is 6. The summed E-state index contributed by atoms with van der Waals surface area (Å²) < 4.78 is 10.4. The van der Waals surface area contributed by atoms with Crippen LogP contribution in [0.25, 0.3) is 0 Å². The molecule has 22 heavy (non-hydrogen) atoms. The average molecular weight is 298 g/mol. The molecule has 7 heteroatoms. The van der Waals surface area contributed by atoms with Crippen molar-refractivity contribution in [1.29, 1.82) is 0 Å². The third kappa shape index (κ3) is 2.98. The Bertz CT molecular complexity index is 812. The van der Waals surface area contributed by atoms with Gasteiger partial charge in [0.2, 0.25) is 5.95 Å². The Morgan fingerprint density at radius 3 is 2.82 bits per heavy atom. The molecule has 2 N–H and O–H groups in total. The fourth-order valence-corrected chi connectivity index (χ4v) is 1.99. The maximum absolute atomic E-state index is 12.0. The van der Waals surface area contributed by atoms with E-state index in [2.05, 4.69) is 20.5 Å². The number of aromatic amines is 1. The van der Waals surface area contributed by atoms with E-state index < -0.39 is 0 Å². The van der Waals surface area contributed by atoms with Gasteiger partial charge in [-0.05, 0) is 24.3 Å². The monoisotopic (exact) mass is 298 g/mol. The highest BCUT2D eigenvalue weighted by molar-refractivity contribution is 5.61. The molecule has 0 bridgehead atoms. The van der Waals surface area contributed by atoms with Crippen molar-refractivity contribution in [2.45, 2.75) is 6.42 Å². The van der Waals surface area contributed by atoms with Crippen molar-refractivity contribution in [3.05, 3.63) is 64.5 Å². The highest BCUT2D eigenvalue weighted by Gasteiger charge is 2.09. The van der Waals surface area contributed by atoms with Crippen LogP contribution < -0.4 is 15.6 Å².